The van der Waals surface area contributed by atoms with Gasteiger partial charge >= 0.3 is 0 Å². The van der Waals surface area contributed by atoms with Crippen LogP contribution in [0.3, 0.4) is 0 Å². The monoisotopic (exact) mass is 500 g/mol. The zero-order valence-electron chi connectivity index (χ0n) is 20.3. The maximum Gasteiger partial charge on any atom is 0.255 e. The predicted octanol–water partition coefficient (Wildman–Crippen LogP) is 2.05. The zero-order valence-corrected chi connectivity index (χ0v) is 20.3. The van der Waals surface area contributed by atoms with Crippen LogP contribution < -0.4 is 16.0 Å². The van der Waals surface area contributed by atoms with E-state index in [4.69, 9.17) is 0 Å². The molecule has 0 bridgehead atoms. The summed E-state index contributed by atoms with van der Waals surface area (Å²) in [7, 11) is 0. The second kappa shape index (κ2) is 10.4. The summed E-state index contributed by atoms with van der Waals surface area (Å²) in [6.07, 6.45) is 2.66. The number of anilines is 1. The van der Waals surface area contributed by atoms with E-state index in [1.54, 1.807) is 12.1 Å². The number of fused-ring (bicyclic) bond motifs is 1. The number of hydrogen-bond donors (Lipinski definition) is 3. The number of Topliss-reactive ketones (excluding diaryl/α,β-unsaturated/α-hetero) is 2. The Labute approximate surface area is 214 Å². The minimum Gasteiger partial charge on any atom is -0.388 e. The first-order chi connectivity index (χ1) is 17.9. The van der Waals surface area contributed by atoms with Gasteiger partial charge in [0, 0.05) is 61.9 Å². The van der Waals surface area contributed by atoms with Gasteiger partial charge in [0.15, 0.2) is 11.6 Å². The molecule has 2 aromatic carbocycles. The Morgan fingerprint density at radius 2 is 1.68 bits per heavy atom. The normalized spacial score (nSPS) is 21.6. The summed E-state index contributed by atoms with van der Waals surface area (Å²) in [5.41, 5.74) is 3.34. The molecule has 3 amide bonds. The minimum atomic E-state index is -0.661. The van der Waals surface area contributed by atoms with Crippen molar-refractivity contribution >= 4 is 35.0 Å². The number of imide groups is 1. The Morgan fingerprint density at radius 1 is 0.919 bits per heavy atom. The molecule has 190 valence electrons. The maximum atomic E-state index is 13.0. The molecule has 9 heteroatoms. The van der Waals surface area contributed by atoms with Crippen molar-refractivity contribution in [2.45, 2.75) is 44.2 Å². The molecule has 3 aliphatic rings. The third kappa shape index (κ3) is 5.02. The summed E-state index contributed by atoms with van der Waals surface area (Å²) >= 11 is 0. The first kappa shape index (κ1) is 24.4. The lowest BCUT2D eigenvalue weighted by atomic mass is 9.80. The lowest BCUT2D eigenvalue weighted by Gasteiger charge is -2.29. The van der Waals surface area contributed by atoms with Crippen LogP contribution in [-0.2, 0) is 25.7 Å². The number of rotatable bonds is 7. The van der Waals surface area contributed by atoms with Crippen LogP contribution in [0.1, 0.15) is 53.1 Å². The molecule has 2 fully saturated rings. The number of amides is 3. The van der Waals surface area contributed by atoms with E-state index in [1.165, 1.54) is 11.1 Å². The number of hydrogen-bond acceptors (Lipinski definition) is 7. The van der Waals surface area contributed by atoms with Crippen molar-refractivity contribution in [3.05, 3.63) is 77.0 Å². The van der Waals surface area contributed by atoms with Gasteiger partial charge in [-0.3, -0.25) is 29.3 Å². The summed E-state index contributed by atoms with van der Waals surface area (Å²) in [5, 5.41) is 8.67. The fourth-order valence-electron chi connectivity index (χ4n) is 5.21. The van der Waals surface area contributed by atoms with E-state index in [1.807, 2.05) is 36.4 Å². The molecule has 0 spiro atoms. The van der Waals surface area contributed by atoms with Gasteiger partial charge in [-0.15, -0.1) is 0 Å². The Morgan fingerprint density at radius 3 is 2.41 bits per heavy atom. The zero-order chi connectivity index (χ0) is 25.9. The van der Waals surface area contributed by atoms with Gasteiger partial charge in [-0.05, 0) is 30.0 Å². The highest BCUT2D eigenvalue weighted by atomic mass is 16.2. The molecule has 2 aliphatic heterocycles. The molecule has 1 saturated heterocycles. The Hall–Kier alpha value is -4.27. The Balaban J connectivity index is 1.16. The highest BCUT2D eigenvalue weighted by molar-refractivity contribution is 6.22. The van der Waals surface area contributed by atoms with Gasteiger partial charge in [0.25, 0.3) is 5.91 Å². The lowest BCUT2D eigenvalue weighted by molar-refractivity contribution is -0.137. The molecule has 1 aliphatic carbocycles. The molecule has 2 aromatic rings. The number of nitrogens with zero attached hydrogens (tertiary/aromatic N) is 1. The van der Waals surface area contributed by atoms with E-state index in [0.717, 1.165) is 16.8 Å². The summed E-state index contributed by atoms with van der Waals surface area (Å²) < 4.78 is 0. The molecule has 5 rings (SSSR count). The van der Waals surface area contributed by atoms with Gasteiger partial charge in [-0.25, -0.2) is 0 Å². The predicted molar refractivity (Wildman–Crippen MR) is 135 cm³/mol. The average molecular weight is 501 g/mol. The first-order valence-electron chi connectivity index (χ1n) is 12.5. The van der Waals surface area contributed by atoms with Crippen molar-refractivity contribution in [2.24, 2.45) is 0 Å². The quantitative estimate of drug-likeness (QED) is 0.230. The van der Waals surface area contributed by atoms with Crippen molar-refractivity contribution in [1.29, 1.82) is 0 Å². The highest BCUT2D eigenvalue weighted by Crippen LogP contribution is 2.33. The van der Waals surface area contributed by atoms with Crippen molar-refractivity contribution in [3.8, 4) is 0 Å². The molecule has 9 nitrogen and oxygen atoms in total. The number of carbonyl (C=O) groups is 5. The van der Waals surface area contributed by atoms with E-state index < -0.39 is 11.9 Å². The fourth-order valence-corrected chi connectivity index (χ4v) is 5.21. The molecule has 1 unspecified atom stereocenters. The van der Waals surface area contributed by atoms with Crippen LogP contribution in [0, 0.1) is 0 Å². The van der Waals surface area contributed by atoms with Crippen molar-refractivity contribution in [2.75, 3.05) is 18.4 Å². The third-order valence-corrected chi connectivity index (χ3v) is 7.15. The van der Waals surface area contributed by atoms with Crippen LogP contribution in [0.25, 0.3) is 0 Å². The smallest absolute Gasteiger partial charge is 0.255 e. The molecule has 2 heterocycles. The number of nitrogens with one attached hydrogen (secondary N) is 3. The summed E-state index contributed by atoms with van der Waals surface area (Å²) in [6.45, 7) is 1.23. The van der Waals surface area contributed by atoms with Gasteiger partial charge in [0.1, 0.15) is 6.04 Å². The molecule has 0 radical (unpaired) electrons. The summed E-state index contributed by atoms with van der Waals surface area (Å²) in [4.78, 5) is 63.4. The summed E-state index contributed by atoms with van der Waals surface area (Å²) in [5.74, 6) is -1.37. The van der Waals surface area contributed by atoms with Crippen molar-refractivity contribution < 1.29 is 24.0 Å². The van der Waals surface area contributed by atoms with Gasteiger partial charge in [-0.2, -0.15) is 0 Å². The first-order valence-corrected chi connectivity index (χ1v) is 12.5. The lowest BCUT2D eigenvalue weighted by Crippen LogP contribution is -2.52. The fraction of sp³-hybridized carbons (Fsp3) is 0.321. The van der Waals surface area contributed by atoms with Crippen LogP contribution in [-0.4, -0.2) is 53.3 Å². The van der Waals surface area contributed by atoms with Crippen molar-refractivity contribution in [3.63, 3.8) is 0 Å². The maximum absolute atomic E-state index is 13.0. The average Bonchev–Trinajstić information content (AvgIpc) is 3.22. The van der Waals surface area contributed by atoms with Crippen LogP contribution in [0.2, 0.25) is 0 Å². The standard InChI is InChI=1S/C28H28N4O5/c33-24-13-18(17-5-2-1-3-6-17)14-25(34)20(24)15-29-11-12-30-22-8-4-7-19-21(22)16-32(28(19)37)23-9-10-26(35)31-27(23)36/h1-8,15,18,23,29-30H,9-14,16H2,(H,31,35,36). The molecular weight excluding hydrogens is 472 g/mol. The van der Waals surface area contributed by atoms with Crippen LogP contribution in [0.5, 0.6) is 0 Å². The molecule has 1 saturated carbocycles. The molecular formula is C28H28N4O5. The van der Waals surface area contributed by atoms with E-state index in [0.29, 0.717) is 37.9 Å². The van der Waals surface area contributed by atoms with Gasteiger partial charge in [0.2, 0.25) is 11.8 Å². The van der Waals surface area contributed by atoms with E-state index in [2.05, 4.69) is 16.0 Å². The number of ketones is 2. The molecule has 1 atom stereocenters. The topological polar surface area (TPSA) is 125 Å². The summed E-state index contributed by atoms with van der Waals surface area (Å²) in [6, 6.07) is 14.4. The number of allylic oxidation sites excluding steroid dienone is 1. The van der Waals surface area contributed by atoms with Gasteiger partial charge in [0.05, 0.1) is 5.57 Å². The van der Waals surface area contributed by atoms with Crippen LogP contribution in [0.4, 0.5) is 5.69 Å². The Bertz CT molecular complexity index is 1280. The van der Waals surface area contributed by atoms with Gasteiger partial charge < -0.3 is 15.5 Å². The number of benzene rings is 2. The Kier molecular flexibility index (Phi) is 6.85. The second-order valence-corrected chi connectivity index (χ2v) is 9.53. The highest BCUT2D eigenvalue weighted by Gasteiger charge is 2.39. The van der Waals surface area contributed by atoms with E-state index in [9.17, 15) is 24.0 Å². The third-order valence-electron chi connectivity index (χ3n) is 7.15. The van der Waals surface area contributed by atoms with E-state index >= 15 is 0 Å². The SMILES string of the molecule is O=C1CCC(N2Cc3c(NCCNC=C4C(=O)CC(c5ccccc5)CC4=O)cccc3C2=O)C(=O)N1. The van der Waals surface area contributed by atoms with Crippen molar-refractivity contribution in [1.82, 2.24) is 15.5 Å². The number of piperidine rings is 1. The largest absolute Gasteiger partial charge is 0.388 e. The molecule has 0 aromatic heterocycles. The van der Waals surface area contributed by atoms with E-state index in [-0.39, 0.29) is 47.8 Å². The van der Waals surface area contributed by atoms with Crippen LogP contribution >= 0.6 is 0 Å². The minimum absolute atomic E-state index is 0.0809. The van der Waals surface area contributed by atoms with Gasteiger partial charge in [-0.1, -0.05) is 36.4 Å². The second-order valence-electron chi connectivity index (χ2n) is 9.53. The molecule has 37 heavy (non-hydrogen) atoms. The van der Waals surface area contributed by atoms with Crippen LogP contribution in [0.15, 0.2) is 60.3 Å². The molecule has 3 N–H and O–H groups in total. The number of carbonyl (C=O) groups excluding carboxylic acids is 5.